The van der Waals surface area contributed by atoms with Crippen molar-refractivity contribution in [2.45, 2.75) is 64.1 Å². The van der Waals surface area contributed by atoms with Gasteiger partial charge in [0.2, 0.25) is 0 Å². The van der Waals surface area contributed by atoms with E-state index in [0.717, 1.165) is 32.7 Å². The van der Waals surface area contributed by atoms with E-state index in [0.29, 0.717) is 31.5 Å². The fraction of sp³-hybridized carbons (Fsp3) is 1.00. The van der Waals surface area contributed by atoms with Crippen LogP contribution < -0.4 is 0 Å². The molecule has 3 aliphatic heterocycles. The summed E-state index contributed by atoms with van der Waals surface area (Å²) in [6.45, 7) is 8.26. The third kappa shape index (κ3) is 8.87. The third-order valence-corrected chi connectivity index (χ3v) is 3.28. The molecule has 3 unspecified atom stereocenters. The summed E-state index contributed by atoms with van der Waals surface area (Å²) in [5.74, 6) is 0. The molecule has 0 aromatic carbocycles. The molecule has 118 valence electrons. The number of unbranched alkanes of at least 4 members (excludes halogenated alkanes) is 2. The van der Waals surface area contributed by atoms with Crippen LogP contribution in [0.2, 0.25) is 0 Å². The molecule has 0 radical (unpaired) electrons. The number of rotatable bonds is 10. The lowest BCUT2D eigenvalue weighted by molar-refractivity contribution is -0.151. The molecule has 3 atom stereocenters. The Kier molecular flexibility index (Phi) is 7.24. The van der Waals surface area contributed by atoms with Gasteiger partial charge < -0.3 is 23.7 Å². The van der Waals surface area contributed by atoms with Gasteiger partial charge in [-0.1, -0.05) is 19.8 Å². The number of epoxide rings is 3. The van der Waals surface area contributed by atoms with E-state index in [9.17, 15) is 0 Å². The first-order chi connectivity index (χ1) is 9.78. The molecule has 3 aliphatic rings. The largest absolute Gasteiger partial charge is 0.373 e. The standard InChI is InChI=1S/C12H22O4.C3H6O/c1-2-3-4-5-12(15-8-10-6-13-10)16-9-11-7-14-11;1-3-2-4-3/h10-12H,2-9H2,1H3;3H,2H2,1H3. The van der Waals surface area contributed by atoms with Crippen LogP contribution in [0.15, 0.2) is 0 Å². The second kappa shape index (κ2) is 8.95. The molecule has 5 nitrogen and oxygen atoms in total. The van der Waals surface area contributed by atoms with E-state index in [1.54, 1.807) is 0 Å². The smallest absolute Gasteiger partial charge is 0.157 e. The Labute approximate surface area is 121 Å². The predicted octanol–water partition coefficient (Wildman–Crippen LogP) is 2.13. The van der Waals surface area contributed by atoms with Crippen molar-refractivity contribution >= 4 is 0 Å². The summed E-state index contributed by atoms with van der Waals surface area (Å²) in [5.41, 5.74) is 0. The van der Waals surface area contributed by atoms with Gasteiger partial charge >= 0.3 is 0 Å². The summed E-state index contributed by atoms with van der Waals surface area (Å²) in [6.07, 6.45) is 5.75. The molecular weight excluding hydrogens is 260 g/mol. The Bertz CT molecular complexity index is 233. The van der Waals surface area contributed by atoms with Crippen molar-refractivity contribution in [3.63, 3.8) is 0 Å². The van der Waals surface area contributed by atoms with Crippen LogP contribution >= 0.6 is 0 Å². The predicted molar refractivity (Wildman–Crippen MR) is 74.7 cm³/mol. The molecule has 0 aromatic rings. The molecule has 3 saturated heterocycles. The zero-order chi connectivity index (χ0) is 14.2. The molecule has 0 saturated carbocycles. The van der Waals surface area contributed by atoms with E-state index in [-0.39, 0.29) is 6.29 Å². The topological polar surface area (TPSA) is 56.0 Å². The quantitative estimate of drug-likeness (QED) is 0.350. The van der Waals surface area contributed by atoms with Gasteiger partial charge in [0.25, 0.3) is 0 Å². The van der Waals surface area contributed by atoms with Crippen LogP contribution in [0.1, 0.15) is 39.5 Å². The average molecular weight is 288 g/mol. The SMILES string of the molecule is CC1CO1.CCCCCC(OCC1CO1)OCC1CO1. The summed E-state index contributed by atoms with van der Waals surface area (Å²) < 4.78 is 26.3. The third-order valence-electron chi connectivity index (χ3n) is 3.28. The lowest BCUT2D eigenvalue weighted by Gasteiger charge is -2.17. The van der Waals surface area contributed by atoms with E-state index in [2.05, 4.69) is 13.8 Å². The van der Waals surface area contributed by atoms with Crippen LogP contribution in [0.5, 0.6) is 0 Å². The normalized spacial score (nSPS) is 31.2. The molecule has 5 heteroatoms. The summed E-state index contributed by atoms with van der Waals surface area (Å²) in [5, 5.41) is 0. The minimum absolute atomic E-state index is 0.0695. The number of hydrogen-bond acceptors (Lipinski definition) is 5. The molecule has 20 heavy (non-hydrogen) atoms. The molecule has 0 amide bonds. The molecule has 0 spiro atoms. The van der Waals surface area contributed by atoms with Gasteiger partial charge in [0, 0.05) is 0 Å². The molecule has 0 aliphatic carbocycles. The highest BCUT2D eigenvalue weighted by atomic mass is 16.7. The summed E-state index contributed by atoms with van der Waals surface area (Å²) in [7, 11) is 0. The van der Waals surface area contributed by atoms with Crippen molar-refractivity contribution < 1.29 is 23.7 Å². The van der Waals surface area contributed by atoms with E-state index >= 15 is 0 Å². The minimum Gasteiger partial charge on any atom is -0.373 e. The van der Waals surface area contributed by atoms with Crippen molar-refractivity contribution in [3.05, 3.63) is 0 Å². The molecule has 0 bridgehead atoms. The van der Waals surface area contributed by atoms with Crippen LogP contribution in [0, 0.1) is 0 Å². The lowest BCUT2D eigenvalue weighted by atomic mass is 10.2. The molecule has 0 N–H and O–H groups in total. The van der Waals surface area contributed by atoms with Crippen molar-refractivity contribution in [1.82, 2.24) is 0 Å². The van der Waals surface area contributed by atoms with E-state index < -0.39 is 0 Å². The van der Waals surface area contributed by atoms with Crippen LogP contribution in [0.3, 0.4) is 0 Å². The van der Waals surface area contributed by atoms with E-state index in [1.807, 2.05) is 0 Å². The number of hydrogen-bond donors (Lipinski definition) is 0. The Hall–Kier alpha value is -0.200. The first-order valence-electron chi connectivity index (χ1n) is 7.86. The molecule has 3 rings (SSSR count). The van der Waals surface area contributed by atoms with Gasteiger partial charge in [0.1, 0.15) is 12.2 Å². The van der Waals surface area contributed by atoms with Crippen molar-refractivity contribution in [3.8, 4) is 0 Å². The van der Waals surface area contributed by atoms with Gasteiger partial charge in [-0.25, -0.2) is 0 Å². The van der Waals surface area contributed by atoms with Gasteiger partial charge in [0.05, 0.1) is 39.1 Å². The maximum absolute atomic E-state index is 5.69. The highest BCUT2D eigenvalue weighted by Crippen LogP contribution is 2.16. The molecular formula is C15H28O5. The van der Waals surface area contributed by atoms with Crippen LogP contribution in [0.25, 0.3) is 0 Å². The second-order valence-corrected chi connectivity index (χ2v) is 5.65. The molecule has 3 heterocycles. The molecule has 0 aromatic heterocycles. The monoisotopic (exact) mass is 288 g/mol. The maximum atomic E-state index is 5.69. The van der Waals surface area contributed by atoms with Gasteiger partial charge in [0.15, 0.2) is 6.29 Å². The highest BCUT2D eigenvalue weighted by molar-refractivity contribution is 4.69. The first kappa shape index (κ1) is 16.2. The first-order valence-corrected chi connectivity index (χ1v) is 7.86. The van der Waals surface area contributed by atoms with Gasteiger partial charge in [-0.3, -0.25) is 0 Å². The number of ether oxygens (including phenoxy) is 5. The second-order valence-electron chi connectivity index (χ2n) is 5.65. The van der Waals surface area contributed by atoms with Crippen LogP contribution in [-0.2, 0) is 23.7 Å². The Balaban J connectivity index is 0.000000315. The zero-order valence-corrected chi connectivity index (χ0v) is 12.7. The summed E-state index contributed by atoms with van der Waals surface area (Å²) in [6, 6.07) is 0. The van der Waals surface area contributed by atoms with Crippen molar-refractivity contribution in [1.29, 1.82) is 0 Å². The Morgan fingerprint density at radius 2 is 1.45 bits per heavy atom. The maximum Gasteiger partial charge on any atom is 0.157 e. The van der Waals surface area contributed by atoms with Crippen LogP contribution in [-0.4, -0.2) is 57.6 Å². The van der Waals surface area contributed by atoms with E-state index in [4.69, 9.17) is 23.7 Å². The summed E-state index contributed by atoms with van der Waals surface area (Å²) in [4.78, 5) is 0. The summed E-state index contributed by atoms with van der Waals surface area (Å²) >= 11 is 0. The Morgan fingerprint density at radius 1 is 0.950 bits per heavy atom. The van der Waals surface area contributed by atoms with Crippen molar-refractivity contribution in [2.75, 3.05) is 33.0 Å². The van der Waals surface area contributed by atoms with Gasteiger partial charge in [-0.05, 0) is 19.8 Å². The Morgan fingerprint density at radius 3 is 1.80 bits per heavy atom. The minimum atomic E-state index is -0.0695. The zero-order valence-electron chi connectivity index (χ0n) is 12.7. The average Bonchev–Trinajstić information content (AvgIpc) is 3.24. The van der Waals surface area contributed by atoms with Gasteiger partial charge in [-0.2, -0.15) is 0 Å². The fourth-order valence-corrected chi connectivity index (χ4v) is 1.63. The lowest BCUT2D eigenvalue weighted by Crippen LogP contribution is -2.22. The van der Waals surface area contributed by atoms with Crippen LogP contribution in [0.4, 0.5) is 0 Å². The highest BCUT2D eigenvalue weighted by Gasteiger charge is 2.27. The van der Waals surface area contributed by atoms with Crippen molar-refractivity contribution in [2.24, 2.45) is 0 Å². The van der Waals surface area contributed by atoms with E-state index in [1.165, 1.54) is 12.8 Å². The molecule has 3 fully saturated rings. The van der Waals surface area contributed by atoms with Gasteiger partial charge in [-0.15, -0.1) is 0 Å². The fourth-order valence-electron chi connectivity index (χ4n) is 1.63.